The third kappa shape index (κ3) is 4.02. The van der Waals surface area contributed by atoms with Crippen LogP contribution in [0.15, 0.2) is 54.1 Å². The third-order valence-corrected chi connectivity index (χ3v) is 4.90. The molecule has 1 N–H and O–H groups in total. The van der Waals surface area contributed by atoms with E-state index in [0.717, 1.165) is 35.9 Å². The standard InChI is InChI=1S/C21H18F3N3O3/c22-21(23,24)15-2-1-3-17(13-15)27-20(29)18(19(28)25-27)12-14-4-6-16(7-5-14)26-8-10-30-11-9-26/h1-7,12-13H,8-11H2,(H,25,28). The minimum atomic E-state index is -4.55. The highest BCUT2D eigenvalue weighted by molar-refractivity contribution is 6.31. The Morgan fingerprint density at radius 1 is 0.967 bits per heavy atom. The topological polar surface area (TPSA) is 61.9 Å². The second-order valence-electron chi connectivity index (χ2n) is 6.88. The van der Waals surface area contributed by atoms with Crippen LogP contribution in [0.5, 0.6) is 0 Å². The number of carbonyl (C=O) groups excluding carboxylic acids is 2. The smallest absolute Gasteiger partial charge is 0.378 e. The zero-order valence-corrected chi connectivity index (χ0v) is 15.8. The lowest BCUT2D eigenvalue weighted by atomic mass is 10.1. The van der Waals surface area contributed by atoms with Gasteiger partial charge in [0.15, 0.2) is 0 Å². The van der Waals surface area contributed by atoms with Gasteiger partial charge in [0.1, 0.15) is 5.57 Å². The molecule has 2 aromatic carbocycles. The first-order chi connectivity index (χ1) is 14.3. The minimum absolute atomic E-state index is 0.0609. The molecule has 0 atom stereocenters. The summed E-state index contributed by atoms with van der Waals surface area (Å²) in [6.07, 6.45) is -3.13. The number of nitrogens with zero attached hydrogens (tertiary/aromatic N) is 2. The van der Waals surface area contributed by atoms with Gasteiger partial charge in [0.25, 0.3) is 11.8 Å². The predicted octanol–water partition coefficient (Wildman–Crippen LogP) is 3.00. The Bertz CT molecular complexity index is 997. The molecule has 6 nitrogen and oxygen atoms in total. The van der Waals surface area contributed by atoms with Crippen molar-refractivity contribution >= 4 is 29.3 Å². The van der Waals surface area contributed by atoms with E-state index in [1.807, 2.05) is 12.1 Å². The highest BCUT2D eigenvalue weighted by Gasteiger charge is 2.36. The molecule has 0 saturated carbocycles. The monoisotopic (exact) mass is 417 g/mol. The largest absolute Gasteiger partial charge is 0.416 e. The molecule has 30 heavy (non-hydrogen) atoms. The average molecular weight is 417 g/mol. The average Bonchev–Trinajstić information content (AvgIpc) is 3.03. The number of halogens is 3. The zero-order valence-electron chi connectivity index (χ0n) is 15.8. The Balaban J connectivity index is 1.55. The van der Waals surface area contributed by atoms with Gasteiger partial charge in [0, 0.05) is 18.8 Å². The predicted molar refractivity (Wildman–Crippen MR) is 105 cm³/mol. The van der Waals surface area contributed by atoms with Gasteiger partial charge >= 0.3 is 6.18 Å². The highest BCUT2D eigenvalue weighted by Crippen LogP contribution is 2.32. The summed E-state index contributed by atoms with van der Waals surface area (Å²) in [5.41, 5.74) is 2.85. The van der Waals surface area contributed by atoms with Crippen molar-refractivity contribution in [3.63, 3.8) is 0 Å². The molecule has 0 bridgehead atoms. The van der Waals surface area contributed by atoms with E-state index in [-0.39, 0.29) is 11.3 Å². The minimum Gasteiger partial charge on any atom is -0.378 e. The summed E-state index contributed by atoms with van der Waals surface area (Å²) in [7, 11) is 0. The third-order valence-electron chi connectivity index (χ3n) is 4.90. The van der Waals surface area contributed by atoms with E-state index in [1.54, 1.807) is 12.1 Å². The summed E-state index contributed by atoms with van der Waals surface area (Å²) in [4.78, 5) is 27.1. The number of nitrogens with one attached hydrogen (secondary N) is 1. The van der Waals surface area contributed by atoms with Crippen LogP contribution in [0, 0.1) is 0 Å². The molecule has 0 radical (unpaired) electrons. The number of carbonyl (C=O) groups is 2. The van der Waals surface area contributed by atoms with Crippen LogP contribution in [0.3, 0.4) is 0 Å². The molecule has 0 aliphatic carbocycles. The molecule has 2 amide bonds. The first kappa shape index (κ1) is 20.0. The normalized spacial score (nSPS) is 18.8. The molecule has 2 fully saturated rings. The Kier molecular flexibility index (Phi) is 5.21. The quantitative estimate of drug-likeness (QED) is 0.616. The van der Waals surface area contributed by atoms with Crippen molar-refractivity contribution in [2.45, 2.75) is 6.18 Å². The van der Waals surface area contributed by atoms with Crippen molar-refractivity contribution < 1.29 is 27.5 Å². The van der Waals surface area contributed by atoms with Gasteiger partial charge in [-0.3, -0.25) is 15.0 Å². The fraction of sp³-hybridized carbons (Fsp3) is 0.238. The molecule has 2 aliphatic rings. The van der Waals surface area contributed by atoms with E-state index in [0.29, 0.717) is 18.8 Å². The number of amides is 2. The zero-order chi connectivity index (χ0) is 21.3. The summed E-state index contributed by atoms with van der Waals surface area (Å²) >= 11 is 0. The van der Waals surface area contributed by atoms with Crippen molar-refractivity contribution in [1.29, 1.82) is 0 Å². The Morgan fingerprint density at radius 2 is 1.67 bits per heavy atom. The first-order valence-electron chi connectivity index (χ1n) is 9.30. The second-order valence-corrected chi connectivity index (χ2v) is 6.88. The summed E-state index contributed by atoms with van der Waals surface area (Å²) < 4.78 is 44.2. The van der Waals surface area contributed by atoms with Gasteiger partial charge in [-0.15, -0.1) is 0 Å². The Labute approximate surface area is 170 Å². The molecule has 0 unspecified atom stereocenters. The maximum atomic E-state index is 12.9. The van der Waals surface area contributed by atoms with Crippen LogP contribution < -0.4 is 15.3 Å². The van der Waals surface area contributed by atoms with Crippen molar-refractivity contribution in [2.75, 3.05) is 36.2 Å². The van der Waals surface area contributed by atoms with Crippen LogP contribution in [0.4, 0.5) is 24.5 Å². The number of ether oxygens (including phenoxy) is 1. The number of rotatable bonds is 3. The maximum Gasteiger partial charge on any atom is 0.416 e. The first-order valence-corrected chi connectivity index (χ1v) is 9.30. The molecular formula is C21H18F3N3O3. The Hall–Kier alpha value is -3.33. The van der Waals surface area contributed by atoms with E-state index < -0.39 is 23.6 Å². The van der Waals surface area contributed by atoms with Gasteiger partial charge in [0.05, 0.1) is 24.5 Å². The summed E-state index contributed by atoms with van der Waals surface area (Å²) in [5.74, 6) is -1.38. The van der Waals surface area contributed by atoms with Gasteiger partial charge in [-0.05, 0) is 42.0 Å². The van der Waals surface area contributed by atoms with E-state index >= 15 is 0 Å². The molecule has 156 valence electrons. The van der Waals surface area contributed by atoms with Gasteiger partial charge in [0.2, 0.25) is 0 Å². The lowest BCUT2D eigenvalue weighted by Crippen LogP contribution is -2.36. The number of morpholine rings is 1. The van der Waals surface area contributed by atoms with E-state index in [1.165, 1.54) is 18.2 Å². The van der Waals surface area contributed by atoms with Crippen molar-refractivity contribution in [1.82, 2.24) is 5.43 Å². The molecule has 2 heterocycles. The van der Waals surface area contributed by atoms with Crippen molar-refractivity contribution in [3.05, 3.63) is 65.2 Å². The van der Waals surface area contributed by atoms with Crippen LogP contribution >= 0.6 is 0 Å². The van der Waals surface area contributed by atoms with E-state index in [2.05, 4.69) is 10.3 Å². The summed E-state index contributed by atoms with van der Waals surface area (Å²) in [6, 6.07) is 11.6. The number of hydrogen-bond acceptors (Lipinski definition) is 4. The Morgan fingerprint density at radius 3 is 2.33 bits per heavy atom. The fourth-order valence-electron chi connectivity index (χ4n) is 3.33. The fourth-order valence-corrected chi connectivity index (χ4v) is 3.33. The van der Waals surface area contributed by atoms with Gasteiger partial charge in [-0.1, -0.05) is 18.2 Å². The van der Waals surface area contributed by atoms with Crippen molar-refractivity contribution in [2.24, 2.45) is 0 Å². The molecular weight excluding hydrogens is 399 g/mol. The van der Waals surface area contributed by atoms with Crippen LogP contribution in [0.2, 0.25) is 0 Å². The molecule has 2 aromatic rings. The molecule has 0 aromatic heterocycles. The molecule has 9 heteroatoms. The molecule has 2 aliphatic heterocycles. The van der Waals surface area contributed by atoms with Crippen LogP contribution in [-0.4, -0.2) is 38.1 Å². The SMILES string of the molecule is O=C1NN(c2cccc(C(F)(F)F)c2)C(=O)C1=Cc1ccc(N2CCOCC2)cc1. The second kappa shape index (κ2) is 7.83. The molecule has 2 saturated heterocycles. The van der Waals surface area contributed by atoms with E-state index in [9.17, 15) is 22.8 Å². The number of benzene rings is 2. The van der Waals surface area contributed by atoms with Crippen LogP contribution in [-0.2, 0) is 20.5 Å². The number of alkyl halides is 3. The van der Waals surface area contributed by atoms with Gasteiger partial charge in [-0.2, -0.15) is 13.2 Å². The van der Waals surface area contributed by atoms with Crippen LogP contribution in [0.25, 0.3) is 6.08 Å². The number of hydrogen-bond donors (Lipinski definition) is 1. The van der Waals surface area contributed by atoms with E-state index in [4.69, 9.17) is 4.74 Å². The summed E-state index contributed by atoms with van der Waals surface area (Å²) in [5, 5.41) is 0.825. The van der Waals surface area contributed by atoms with Crippen molar-refractivity contribution in [3.8, 4) is 0 Å². The van der Waals surface area contributed by atoms with Gasteiger partial charge < -0.3 is 9.64 Å². The van der Waals surface area contributed by atoms with Gasteiger partial charge in [-0.25, -0.2) is 5.01 Å². The number of anilines is 2. The lowest BCUT2D eigenvalue weighted by molar-refractivity contribution is -0.137. The highest BCUT2D eigenvalue weighted by atomic mass is 19.4. The maximum absolute atomic E-state index is 12.9. The number of hydrazine groups is 1. The van der Waals surface area contributed by atoms with Crippen LogP contribution in [0.1, 0.15) is 11.1 Å². The molecule has 4 rings (SSSR count). The summed E-state index contributed by atoms with van der Waals surface area (Å²) in [6.45, 7) is 2.89. The molecule has 0 spiro atoms. The lowest BCUT2D eigenvalue weighted by Gasteiger charge is -2.28.